The van der Waals surface area contributed by atoms with E-state index in [9.17, 15) is 9.59 Å². The molecule has 0 aromatic rings. The highest BCUT2D eigenvalue weighted by atomic mass is 79.9. The van der Waals surface area contributed by atoms with Gasteiger partial charge in [0, 0.05) is 16.6 Å². The van der Waals surface area contributed by atoms with Crippen molar-refractivity contribution in [2.45, 2.75) is 32.7 Å². The standard InChI is InChI=1S/C5H10Br2O2.2C4H6O2/c1-5(2,3-8)4(6)9-7;2*1-3(2)4(5)6/h4,8H,3H2,1-2H3;2*1H2,2H3,(H,5,6). The van der Waals surface area contributed by atoms with Gasteiger partial charge in [0.05, 0.1) is 22.9 Å². The lowest BCUT2D eigenvalue weighted by Crippen LogP contribution is -2.28. The second-order valence-electron chi connectivity index (χ2n) is 4.72. The van der Waals surface area contributed by atoms with Crippen LogP contribution in [0.3, 0.4) is 0 Å². The first-order chi connectivity index (χ1) is 9.33. The number of carboxylic acids is 2. The van der Waals surface area contributed by atoms with Crippen LogP contribution in [0.2, 0.25) is 0 Å². The molecule has 3 N–H and O–H groups in total. The molecule has 0 aliphatic rings. The Bertz CT molecular complexity index is 318. The molecule has 0 spiro atoms. The Hall–Kier alpha value is -0.700. The maximum absolute atomic E-state index is 9.60. The summed E-state index contributed by atoms with van der Waals surface area (Å²) in [5.74, 6) is -1.87. The quantitative estimate of drug-likeness (QED) is 0.453. The zero-order valence-electron chi connectivity index (χ0n) is 12.5. The van der Waals surface area contributed by atoms with Crippen molar-refractivity contribution in [3.05, 3.63) is 24.3 Å². The van der Waals surface area contributed by atoms with Crippen LogP contribution in [-0.2, 0) is 13.4 Å². The van der Waals surface area contributed by atoms with E-state index >= 15 is 0 Å². The zero-order valence-corrected chi connectivity index (χ0v) is 15.7. The molecule has 0 radical (unpaired) electrons. The highest BCUT2D eigenvalue weighted by Crippen LogP contribution is 2.28. The van der Waals surface area contributed by atoms with Crippen molar-refractivity contribution in [1.29, 1.82) is 0 Å². The van der Waals surface area contributed by atoms with E-state index in [0.29, 0.717) is 0 Å². The lowest BCUT2D eigenvalue weighted by molar-refractivity contribution is -0.133. The van der Waals surface area contributed by atoms with Gasteiger partial charge in [-0.3, -0.25) is 3.83 Å². The third-order valence-corrected chi connectivity index (χ3v) is 4.13. The van der Waals surface area contributed by atoms with Gasteiger partial charge in [0.15, 0.2) is 0 Å². The van der Waals surface area contributed by atoms with Gasteiger partial charge in [0.2, 0.25) is 0 Å². The van der Waals surface area contributed by atoms with Crippen LogP contribution in [0, 0.1) is 5.41 Å². The van der Waals surface area contributed by atoms with Crippen LogP contribution >= 0.6 is 32.2 Å². The summed E-state index contributed by atoms with van der Waals surface area (Å²) in [5, 5.41) is 24.4. The van der Waals surface area contributed by atoms with Crippen molar-refractivity contribution in [2.75, 3.05) is 6.61 Å². The average molecular weight is 434 g/mol. The summed E-state index contributed by atoms with van der Waals surface area (Å²) in [5.41, 5.74) is 0.105. The Balaban J connectivity index is -0.000000240. The SMILES string of the molecule is C=C(C)C(=O)O.C=C(C)C(=O)O.CC(C)(CO)C(Br)OBr. The molecule has 8 heteroatoms. The van der Waals surface area contributed by atoms with Gasteiger partial charge in [-0.05, 0) is 13.8 Å². The number of halogens is 2. The first-order valence-corrected chi connectivity index (χ1v) is 7.19. The summed E-state index contributed by atoms with van der Waals surface area (Å²) in [6.45, 7) is 13.1. The van der Waals surface area contributed by atoms with Crippen LogP contribution in [0.1, 0.15) is 27.7 Å². The molecule has 0 heterocycles. The van der Waals surface area contributed by atoms with Crippen LogP contribution in [0.4, 0.5) is 0 Å². The molecule has 1 atom stereocenters. The Morgan fingerprint density at radius 2 is 1.38 bits per heavy atom. The van der Waals surface area contributed by atoms with Gasteiger partial charge < -0.3 is 15.3 Å². The first kappa shape index (κ1) is 25.3. The molecular formula is C13H22Br2O6. The number of hydrogen-bond donors (Lipinski definition) is 3. The first-order valence-electron chi connectivity index (χ1n) is 5.63. The number of aliphatic carboxylic acids is 2. The fourth-order valence-corrected chi connectivity index (χ4v) is 0.843. The van der Waals surface area contributed by atoms with Gasteiger partial charge >= 0.3 is 11.9 Å². The number of aliphatic hydroxyl groups is 1. The summed E-state index contributed by atoms with van der Waals surface area (Å²) in [6.07, 6.45) is 0. The Morgan fingerprint density at radius 1 is 1.14 bits per heavy atom. The minimum absolute atomic E-state index is 0.0918. The number of hydrogen-bond acceptors (Lipinski definition) is 4. The fraction of sp³-hybridized carbons (Fsp3) is 0.538. The molecular weight excluding hydrogens is 412 g/mol. The van der Waals surface area contributed by atoms with Crippen LogP contribution in [0.5, 0.6) is 0 Å². The van der Waals surface area contributed by atoms with E-state index in [4.69, 9.17) is 19.1 Å². The third kappa shape index (κ3) is 17.2. The number of rotatable bonds is 5. The Morgan fingerprint density at radius 3 is 1.43 bits per heavy atom. The monoisotopic (exact) mass is 432 g/mol. The summed E-state index contributed by atoms with van der Waals surface area (Å²) in [6, 6.07) is 0. The van der Waals surface area contributed by atoms with Crippen LogP contribution in [0.15, 0.2) is 24.3 Å². The highest BCUT2D eigenvalue weighted by molar-refractivity contribution is 9.10. The molecule has 0 bridgehead atoms. The fourth-order valence-electron chi connectivity index (χ4n) is 0.192. The molecule has 0 aliphatic carbocycles. The van der Waals surface area contributed by atoms with Crippen LogP contribution in [-0.4, -0.2) is 38.9 Å². The normalized spacial score (nSPS) is 11.0. The van der Waals surface area contributed by atoms with E-state index in [1.165, 1.54) is 13.8 Å². The predicted octanol–water partition coefficient (Wildman–Crippen LogP) is 3.35. The highest BCUT2D eigenvalue weighted by Gasteiger charge is 2.26. The minimum atomic E-state index is -0.935. The molecule has 0 aromatic heterocycles. The van der Waals surface area contributed by atoms with E-state index in [-0.39, 0.29) is 28.2 Å². The Labute approximate surface area is 142 Å². The molecule has 0 aromatic carbocycles. The van der Waals surface area contributed by atoms with Crippen molar-refractivity contribution in [1.82, 2.24) is 0 Å². The molecule has 0 fully saturated rings. The summed E-state index contributed by atoms with van der Waals surface area (Å²) in [7, 11) is 0. The van der Waals surface area contributed by atoms with Crippen LogP contribution < -0.4 is 0 Å². The van der Waals surface area contributed by atoms with Crippen molar-refractivity contribution < 1.29 is 28.7 Å². The molecule has 0 aliphatic heterocycles. The zero-order chi connectivity index (χ0) is 17.8. The number of aliphatic hydroxyl groups excluding tert-OH is 1. The number of alkyl halides is 1. The molecule has 0 rings (SSSR count). The molecule has 0 saturated heterocycles. The Kier molecular flexibility index (Phi) is 15.6. The molecule has 1 unspecified atom stereocenters. The number of carbonyl (C=O) groups is 2. The van der Waals surface area contributed by atoms with E-state index in [0.717, 1.165) is 0 Å². The lowest BCUT2D eigenvalue weighted by Gasteiger charge is -2.24. The minimum Gasteiger partial charge on any atom is -0.478 e. The van der Waals surface area contributed by atoms with Gasteiger partial charge in [0.1, 0.15) is 5.01 Å². The van der Waals surface area contributed by atoms with Gasteiger partial charge in [-0.1, -0.05) is 42.9 Å². The topological polar surface area (TPSA) is 104 Å². The third-order valence-electron chi connectivity index (χ3n) is 1.83. The molecule has 0 saturated carbocycles. The predicted molar refractivity (Wildman–Crippen MR) is 88.5 cm³/mol. The smallest absolute Gasteiger partial charge is 0.330 e. The van der Waals surface area contributed by atoms with Crippen molar-refractivity contribution in [3.8, 4) is 0 Å². The van der Waals surface area contributed by atoms with Crippen LogP contribution in [0.25, 0.3) is 0 Å². The maximum atomic E-state index is 9.60. The summed E-state index contributed by atoms with van der Waals surface area (Å²) >= 11 is 6.06. The second-order valence-corrected chi connectivity index (χ2v) is 5.93. The largest absolute Gasteiger partial charge is 0.478 e. The van der Waals surface area contributed by atoms with E-state index < -0.39 is 11.9 Å². The van der Waals surface area contributed by atoms with Gasteiger partial charge in [-0.15, -0.1) is 0 Å². The molecule has 21 heavy (non-hydrogen) atoms. The molecule has 0 amide bonds. The van der Waals surface area contributed by atoms with Crippen molar-refractivity contribution >= 4 is 44.1 Å². The van der Waals surface area contributed by atoms with E-state index in [1.807, 2.05) is 13.8 Å². The van der Waals surface area contributed by atoms with Crippen molar-refractivity contribution in [3.63, 3.8) is 0 Å². The maximum Gasteiger partial charge on any atom is 0.330 e. The lowest BCUT2D eigenvalue weighted by atomic mass is 9.97. The molecule has 124 valence electrons. The second kappa shape index (κ2) is 13.0. The van der Waals surface area contributed by atoms with Gasteiger partial charge in [-0.25, -0.2) is 9.59 Å². The van der Waals surface area contributed by atoms with Crippen molar-refractivity contribution in [2.24, 2.45) is 5.41 Å². The van der Waals surface area contributed by atoms with E-state index in [1.54, 1.807) is 0 Å². The average Bonchev–Trinajstić information content (AvgIpc) is 2.38. The van der Waals surface area contributed by atoms with Gasteiger partial charge in [0.25, 0.3) is 0 Å². The molecule has 6 nitrogen and oxygen atoms in total. The van der Waals surface area contributed by atoms with Gasteiger partial charge in [-0.2, -0.15) is 0 Å². The summed E-state index contributed by atoms with van der Waals surface area (Å²) < 4.78 is 4.78. The summed E-state index contributed by atoms with van der Waals surface area (Å²) in [4.78, 5) is 19.2. The van der Waals surface area contributed by atoms with E-state index in [2.05, 4.69) is 45.3 Å². The number of carboxylic acid groups (broad SMARTS) is 2.